The maximum atomic E-state index is 13.7. The van der Waals surface area contributed by atoms with Crippen LogP contribution in [0, 0.1) is 5.92 Å². The first-order chi connectivity index (χ1) is 13.0. The second kappa shape index (κ2) is 5.64. The molecule has 1 N–H and O–H groups in total. The summed E-state index contributed by atoms with van der Waals surface area (Å²) in [6.45, 7) is 3.18. The fourth-order valence-electron chi connectivity index (χ4n) is 6.02. The number of nitrogens with zero attached hydrogens (tertiary/aromatic N) is 2. The molecule has 4 fully saturated rings. The Morgan fingerprint density at radius 1 is 1.33 bits per heavy atom. The van der Waals surface area contributed by atoms with E-state index in [1.165, 1.54) is 12.2 Å². The standard InChI is InChI=1S/C21H26N2O4/c1-4-13-11-22(2)17-9-20(18-10-21(13,25)15(17)12-27-18)14-7-5-6-8-16(14)23(26-3)19(20)24/h4-8,15,17-18,25H,9-12H2,1-3H3/t15-,17+,18-,20+,21-/m1/s1. The van der Waals surface area contributed by atoms with Crippen molar-refractivity contribution in [2.75, 3.05) is 32.4 Å². The lowest BCUT2D eigenvalue weighted by Crippen LogP contribution is -2.61. The van der Waals surface area contributed by atoms with Crippen LogP contribution in [0.5, 0.6) is 0 Å². The summed E-state index contributed by atoms with van der Waals surface area (Å²) in [5, 5.41) is 13.1. The maximum Gasteiger partial charge on any atom is 0.264 e. The number of ether oxygens (including phenoxy) is 1. The highest BCUT2D eigenvalue weighted by Crippen LogP contribution is 2.58. The van der Waals surface area contributed by atoms with Gasteiger partial charge in [-0.1, -0.05) is 24.3 Å². The number of hydrogen-bond acceptors (Lipinski definition) is 5. The van der Waals surface area contributed by atoms with Crippen molar-refractivity contribution in [3.05, 3.63) is 41.5 Å². The molecule has 3 saturated heterocycles. The Bertz CT molecular complexity index is 839. The molecule has 0 radical (unpaired) electrons. The summed E-state index contributed by atoms with van der Waals surface area (Å²) in [6, 6.07) is 7.89. The molecule has 5 atom stereocenters. The lowest BCUT2D eigenvalue weighted by Gasteiger charge is -2.51. The van der Waals surface area contributed by atoms with E-state index in [0.717, 1.165) is 23.4 Å². The van der Waals surface area contributed by atoms with Crippen molar-refractivity contribution in [1.29, 1.82) is 0 Å². The predicted molar refractivity (Wildman–Crippen MR) is 100 cm³/mol. The molecule has 5 aliphatic rings. The average Bonchev–Trinajstić information content (AvgIpc) is 2.77. The van der Waals surface area contributed by atoms with Gasteiger partial charge in [0.25, 0.3) is 5.91 Å². The van der Waals surface area contributed by atoms with Gasteiger partial charge in [0.05, 0.1) is 31.1 Å². The van der Waals surface area contributed by atoms with E-state index in [-0.39, 0.29) is 24.0 Å². The first kappa shape index (κ1) is 17.4. The topological polar surface area (TPSA) is 62.2 Å². The molecule has 1 spiro atoms. The Kier molecular flexibility index (Phi) is 3.63. The summed E-state index contributed by atoms with van der Waals surface area (Å²) in [4.78, 5) is 21.4. The molecule has 27 heavy (non-hydrogen) atoms. The van der Waals surface area contributed by atoms with E-state index in [2.05, 4.69) is 11.9 Å². The molecule has 4 bridgehead atoms. The van der Waals surface area contributed by atoms with Crippen molar-refractivity contribution in [3.8, 4) is 0 Å². The van der Waals surface area contributed by atoms with Crippen LogP contribution in [0.25, 0.3) is 0 Å². The number of hydroxylamine groups is 1. The van der Waals surface area contributed by atoms with Gasteiger partial charge in [0.15, 0.2) is 0 Å². The summed E-state index contributed by atoms with van der Waals surface area (Å²) in [5.74, 6) is -0.113. The van der Waals surface area contributed by atoms with Crippen LogP contribution in [-0.2, 0) is 19.8 Å². The fourth-order valence-corrected chi connectivity index (χ4v) is 6.02. The molecule has 1 amide bonds. The number of carbonyl (C=O) groups excluding carboxylic acids is 1. The number of hydrogen-bond donors (Lipinski definition) is 1. The summed E-state index contributed by atoms with van der Waals surface area (Å²) < 4.78 is 6.29. The first-order valence-electron chi connectivity index (χ1n) is 9.65. The Morgan fingerprint density at radius 2 is 2.11 bits per heavy atom. The highest BCUT2D eigenvalue weighted by molar-refractivity contribution is 6.07. The molecule has 1 aromatic carbocycles. The Morgan fingerprint density at radius 3 is 2.85 bits per heavy atom. The Hall–Kier alpha value is -1.73. The van der Waals surface area contributed by atoms with Crippen molar-refractivity contribution in [2.45, 2.75) is 42.9 Å². The van der Waals surface area contributed by atoms with Crippen molar-refractivity contribution >= 4 is 11.6 Å². The quantitative estimate of drug-likeness (QED) is 0.762. The highest BCUT2D eigenvalue weighted by Gasteiger charge is 2.67. The van der Waals surface area contributed by atoms with Crippen LogP contribution in [0.1, 0.15) is 25.3 Å². The third-order valence-electron chi connectivity index (χ3n) is 7.37. The molecule has 4 heterocycles. The number of rotatable bonds is 1. The number of fused-ring (bicyclic) bond motifs is 2. The smallest absolute Gasteiger partial charge is 0.264 e. The van der Waals surface area contributed by atoms with Gasteiger partial charge in [-0.15, -0.1) is 0 Å². The number of aliphatic hydroxyl groups is 1. The van der Waals surface area contributed by atoms with Crippen LogP contribution in [-0.4, -0.2) is 61.0 Å². The minimum absolute atomic E-state index is 0.0327. The van der Waals surface area contributed by atoms with Gasteiger partial charge in [0.1, 0.15) is 5.41 Å². The van der Waals surface area contributed by atoms with E-state index in [0.29, 0.717) is 19.4 Å². The van der Waals surface area contributed by atoms with E-state index in [1.807, 2.05) is 37.3 Å². The molecule has 1 aromatic rings. The number of likely N-dealkylation sites (N-methyl/N-ethyl adjacent to an activating group) is 1. The number of allylic oxidation sites excluding steroid dienone is 1. The summed E-state index contributed by atoms with van der Waals surface area (Å²) in [6.07, 6.45) is 2.73. The second-order valence-corrected chi connectivity index (χ2v) is 8.33. The van der Waals surface area contributed by atoms with Crippen LogP contribution in [0.4, 0.5) is 5.69 Å². The molecule has 1 saturated carbocycles. The number of anilines is 1. The van der Waals surface area contributed by atoms with Crippen molar-refractivity contribution < 1.29 is 19.5 Å². The normalized spacial score (nSPS) is 42.1. The number of benzene rings is 1. The van der Waals surface area contributed by atoms with Crippen LogP contribution in [0.2, 0.25) is 0 Å². The summed E-state index contributed by atoms with van der Waals surface area (Å²) >= 11 is 0. The molecule has 0 unspecified atom stereocenters. The summed E-state index contributed by atoms with van der Waals surface area (Å²) in [7, 11) is 3.61. The largest absolute Gasteiger partial charge is 0.385 e. The van der Waals surface area contributed by atoms with Crippen molar-refractivity contribution in [2.24, 2.45) is 5.92 Å². The maximum absolute atomic E-state index is 13.7. The lowest BCUT2D eigenvalue weighted by molar-refractivity contribution is -0.157. The molecule has 144 valence electrons. The van der Waals surface area contributed by atoms with E-state index in [4.69, 9.17) is 9.57 Å². The Labute approximate surface area is 159 Å². The molecule has 4 aliphatic heterocycles. The molecule has 6 rings (SSSR count). The SMILES string of the molecule is CC=C1CN(C)[C@H]2C[C@@]3(C(=O)N(OC)c4ccccc43)[C@H]3C[C@]1(O)[C@@H]2CO3. The number of likely N-dealkylation sites (tertiary alicyclic amines) is 1. The Balaban J connectivity index is 1.73. The van der Waals surface area contributed by atoms with Crippen LogP contribution >= 0.6 is 0 Å². The molecular formula is C21H26N2O4. The monoisotopic (exact) mass is 370 g/mol. The van der Waals surface area contributed by atoms with Crippen LogP contribution in [0.3, 0.4) is 0 Å². The van der Waals surface area contributed by atoms with E-state index in [1.54, 1.807) is 0 Å². The minimum Gasteiger partial charge on any atom is -0.385 e. The lowest BCUT2D eigenvalue weighted by atomic mass is 9.70. The molecular weight excluding hydrogens is 344 g/mol. The first-order valence-corrected chi connectivity index (χ1v) is 9.65. The predicted octanol–water partition coefficient (Wildman–Crippen LogP) is 1.63. The van der Waals surface area contributed by atoms with Gasteiger partial charge in [0.2, 0.25) is 0 Å². The average molecular weight is 370 g/mol. The second-order valence-electron chi connectivity index (χ2n) is 8.33. The third-order valence-corrected chi connectivity index (χ3v) is 7.37. The van der Waals surface area contributed by atoms with Crippen LogP contribution in [0.15, 0.2) is 35.9 Å². The number of carbonyl (C=O) groups is 1. The summed E-state index contributed by atoms with van der Waals surface area (Å²) in [5.41, 5.74) is 1.05. The van der Waals surface area contributed by atoms with Crippen molar-refractivity contribution in [1.82, 2.24) is 4.90 Å². The zero-order valence-corrected chi connectivity index (χ0v) is 16.0. The zero-order chi connectivity index (χ0) is 19.0. The number of amides is 1. The zero-order valence-electron chi connectivity index (χ0n) is 16.0. The van der Waals surface area contributed by atoms with Crippen LogP contribution < -0.4 is 5.06 Å². The van der Waals surface area contributed by atoms with Gasteiger partial charge in [-0.3, -0.25) is 14.5 Å². The molecule has 6 heteroatoms. The van der Waals surface area contributed by atoms with E-state index >= 15 is 0 Å². The number of piperidine rings is 1. The minimum atomic E-state index is -0.909. The van der Waals surface area contributed by atoms with Gasteiger partial charge in [-0.25, -0.2) is 0 Å². The van der Waals surface area contributed by atoms with Crippen molar-refractivity contribution in [3.63, 3.8) is 0 Å². The van der Waals surface area contributed by atoms with Gasteiger partial charge in [-0.05, 0) is 37.6 Å². The third kappa shape index (κ3) is 1.96. The number of para-hydroxylation sites is 1. The molecule has 1 aliphatic carbocycles. The molecule has 6 nitrogen and oxygen atoms in total. The fraction of sp³-hybridized carbons (Fsp3) is 0.571. The molecule has 0 aromatic heterocycles. The van der Waals surface area contributed by atoms with E-state index in [9.17, 15) is 9.90 Å². The van der Waals surface area contributed by atoms with Gasteiger partial charge < -0.3 is 9.84 Å². The van der Waals surface area contributed by atoms with Gasteiger partial charge >= 0.3 is 0 Å². The highest BCUT2D eigenvalue weighted by atomic mass is 16.7. The van der Waals surface area contributed by atoms with Gasteiger partial charge in [-0.2, -0.15) is 5.06 Å². The van der Waals surface area contributed by atoms with E-state index < -0.39 is 11.0 Å². The van der Waals surface area contributed by atoms with Gasteiger partial charge in [0, 0.05) is 24.9 Å².